The van der Waals surface area contributed by atoms with Gasteiger partial charge in [0.1, 0.15) is 6.04 Å². The van der Waals surface area contributed by atoms with Crippen molar-refractivity contribution in [3.63, 3.8) is 0 Å². The lowest BCUT2D eigenvalue weighted by molar-refractivity contribution is -0.142. The van der Waals surface area contributed by atoms with Gasteiger partial charge in [-0.05, 0) is 114 Å². The molecule has 0 heterocycles. The first kappa shape index (κ1) is 60.2. The first-order chi connectivity index (χ1) is 35.2. The number of benzene rings is 5. The van der Waals surface area contributed by atoms with Crippen LogP contribution in [0.3, 0.4) is 0 Å². The number of Topliss-reactive ketones (excluding diaryl/α,β-unsaturated/α-hetero) is 2. The second-order valence-corrected chi connectivity index (χ2v) is 24.5. The molecular formula is C47H49N3O21S5. The summed E-state index contributed by atoms with van der Waals surface area (Å²) in [7, 11) is -23.3. The lowest BCUT2D eigenvalue weighted by atomic mass is 9.87. The number of hydrogen-bond acceptors (Lipinski definition) is 16. The van der Waals surface area contributed by atoms with E-state index in [0.29, 0.717) is 5.56 Å². The van der Waals surface area contributed by atoms with E-state index >= 15 is 0 Å². The van der Waals surface area contributed by atoms with Gasteiger partial charge in [0.2, 0.25) is 11.8 Å². The van der Waals surface area contributed by atoms with Crippen molar-refractivity contribution in [2.75, 3.05) is 0 Å². The molecule has 76 heavy (non-hydrogen) atoms. The molecule has 5 aromatic rings. The Morgan fingerprint density at radius 3 is 0.882 bits per heavy atom. The summed E-state index contributed by atoms with van der Waals surface area (Å²) in [6.07, 6.45) is -3.37. The zero-order chi connectivity index (χ0) is 56.6. The molecule has 0 saturated carbocycles. The maximum absolute atomic E-state index is 14.7. The molecule has 0 aliphatic rings. The molecule has 0 fully saturated rings. The Morgan fingerprint density at radius 2 is 0.605 bits per heavy atom. The summed E-state index contributed by atoms with van der Waals surface area (Å²) in [5.74, 6) is -8.31. The quantitative estimate of drug-likeness (QED) is 0.0357. The monoisotopic (exact) mass is 1150 g/mol. The molecule has 29 heteroatoms. The predicted molar refractivity (Wildman–Crippen MR) is 266 cm³/mol. The lowest BCUT2D eigenvalue weighted by Crippen LogP contribution is -2.49. The van der Waals surface area contributed by atoms with Crippen molar-refractivity contribution in [1.82, 2.24) is 10.6 Å². The van der Waals surface area contributed by atoms with E-state index in [1.807, 2.05) is 0 Å². The number of carboxylic acids is 1. The molecule has 0 saturated heterocycles. The summed E-state index contributed by atoms with van der Waals surface area (Å²) < 4.78 is 165. The van der Waals surface area contributed by atoms with Crippen LogP contribution in [0, 0.1) is 11.8 Å². The highest BCUT2D eigenvalue weighted by Crippen LogP contribution is 2.23. The fraction of sp³-hybridized carbons (Fsp3) is 0.255. The van der Waals surface area contributed by atoms with E-state index in [1.54, 1.807) is 0 Å². The second kappa shape index (κ2) is 24.6. The van der Waals surface area contributed by atoms with Gasteiger partial charge in [-0.25, -0.2) is 4.79 Å². The van der Waals surface area contributed by atoms with Crippen molar-refractivity contribution in [1.29, 1.82) is 0 Å². The van der Waals surface area contributed by atoms with E-state index in [-0.39, 0.29) is 35.1 Å². The number of nitrogens with two attached hydrogens (primary N) is 1. The number of carbonyl (C=O) groups is 5. The smallest absolute Gasteiger partial charge is 0.326 e. The average molecular weight is 1150 g/mol. The number of hydrogen-bond donors (Lipinski definition) is 9. The van der Waals surface area contributed by atoms with Crippen molar-refractivity contribution in [3.8, 4) is 0 Å². The Bertz CT molecular complexity index is 3540. The Morgan fingerprint density at radius 1 is 0.368 bits per heavy atom. The number of aliphatic carboxylic acids is 1. The zero-order valence-electron chi connectivity index (χ0n) is 39.3. The molecule has 0 aliphatic heterocycles. The standard InChI is InChI=1S/C47H49N3O21S5/c48-40(23-30-5-15-37(16-6-30)74(63,64)65)43(51)26-33(21-28-1-11-35(12-2-28)72(57,58)59)45(53)49-41(24-31-7-17-38(18-8-31)75(66,67)68)44(52)27-34(22-29-3-13-36(14-4-29)73(60,61)62)46(54)50-42(47(55)56)25-32-9-19-39(20-10-32)76(69,70)71/h1-20,33-34,40-42H,21-27,48H2,(H,49,53)(H,50,54)(H,55,56)(H,57,58,59)(H,60,61,62)(H,63,64,65)(H,66,67,68)(H,69,70,71). The highest BCUT2D eigenvalue weighted by molar-refractivity contribution is 7.86. The van der Waals surface area contributed by atoms with Gasteiger partial charge in [-0.15, -0.1) is 0 Å². The summed E-state index contributed by atoms with van der Waals surface area (Å²) in [4.78, 5) is 67.3. The Balaban J connectivity index is 1.51. The largest absolute Gasteiger partial charge is 0.480 e. The van der Waals surface area contributed by atoms with E-state index in [0.717, 1.165) is 60.7 Å². The normalized spacial score (nSPS) is 14.3. The van der Waals surface area contributed by atoms with Crippen LogP contribution < -0.4 is 16.4 Å². The van der Waals surface area contributed by atoms with Crippen molar-refractivity contribution < 1.29 is 93.9 Å². The molecule has 5 aromatic carbocycles. The first-order valence-electron chi connectivity index (χ1n) is 22.1. The van der Waals surface area contributed by atoms with Crippen LogP contribution in [0.5, 0.6) is 0 Å². The van der Waals surface area contributed by atoms with Crippen LogP contribution in [-0.2, 0) is 107 Å². The molecule has 408 valence electrons. The topological polar surface area (TPSA) is 428 Å². The van der Waals surface area contributed by atoms with Crippen molar-refractivity contribution in [3.05, 3.63) is 149 Å². The van der Waals surface area contributed by atoms with Gasteiger partial charge in [0, 0.05) is 31.1 Å². The van der Waals surface area contributed by atoms with Crippen LogP contribution in [0.2, 0.25) is 0 Å². The number of nitrogens with one attached hydrogen (secondary N) is 2. The Kier molecular flexibility index (Phi) is 19.5. The average Bonchev–Trinajstić information content (AvgIpc) is 3.32. The van der Waals surface area contributed by atoms with E-state index in [9.17, 15) is 93.9 Å². The fourth-order valence-corrected chi connectivity index (χ4v) is 10.1. The maximum Gasteiger partial charge on any atom is 0.326 e. The highest BCUT2D eigenvalue weighted by Gasteiger charge is 2.34. The molecule has 5 atom stereocenters. The SMILES string of the molecule is NC(Cc1ccc(S(=O)(=O)O)cc1)C(=O)CC(Cc1ccc(S(=O)(=O)O)cc1)C(=O)NC(Cc1ccc(S(=O)(=O)O)cc1)C(=O)CC(Cc1ccc(S(=O)(=O)O)cc1)C(=O)NC(Cc1ccc(S(=O)(=O)O)cc1)C(=O)O. The third-order valence-electron chi connectivity index (χ3n) is 11.8. The lowest BCUT2D eigenvalue weighted by Gasteiger charge is -2.25. The van der Waals surface area contributed by atoms with Crippen LogP contribution in [0.4, 0.5) is 0 Å². The van der Waals surface area contributed by atoms with Crippen LogP contribution in [0.1, 0.15) is 40.7 Å². The van der Waals surface area contributed by atoms with Crippen molar-refractivity contribution in [2.45, 2.75) is 87.5 Å². The van der Waals surface area contributed by atoms with Gasteiger partial charge in [-0.2, -0.15) is 42.1 Å². The number of carboxylic acid groups (broad SMARTS) is 1. The summed E-state index contributed by atoms with van der Waals surface area (Å²) in [5, 5.41) is 15.1. The van der Waals surface area contributed by atoms with Gasteiger partial charge in [-0.1, -0.05) is 60.7 Å². The van der Waals surface area contributed by atoms with Crippen LogP contribution >= 0.6 is 0 Å². The van der Waals surface area contributed by atoms with Crippen LogP contribution in [-0.4, -0.2) is 117 Å². The third-order valence-corrected chi connectivity index (χ3v) is 16.1. The molecule has 24 nitrogen and oxygen atoms in total. The molecule has 0 aromatic heterocycles. The molecule has 10 N–H and O–H groups in total. The number of amides is 2. The van der Waals surface area contributed by atoms with Gasteiger partial charge >= 0.3 is 5.97 Å². The van der Waals surface area contributed by atoms with Gasteiger partial charge in [0.05, 0.1) is 36.6 Å². The minimum Gasteiger partial charge on any atom is -0.480 e. The van der Waals surface area contributed by atoms with E-state index in [2.05, 4.69) is 10.6 Å². The molecule has 5 unspecified atom stereocenters. The van der Waals surface area contributed by atoms with E-state index in [4.69, 9.17) is 5.73 Å². The summed E-state index contributed by atoms with van der Waals surface area (Å²) in [5.41, 5.74) is 7.36. The number of rotatable bonds is 26. The van der Waals surface area contributed by atoms with Crippen LogP contribution in [0.25, 0.3) is 0 Å². The fourth-order valence-electron chi connectivity index (χ4n) is 7.71. The molecule has 0 spiro atoms. The zero-order valence-corrected chi connectivity index (χ0v) is 43.4. The van der Waals surface area contributed by atoms with E-state index < -0.39 is 166 Å². The van der Waals surface area contributed by atoms with Gasteiger partial charge in [0.15, 0.2) is 11.6 Å². The molecule has 0 radical (unpaired) electrons. The van der Waals surface area contributed by atoms with Crippen LogP contribution in [0.15, 0.2) is 146 Å². The molecule has 2 amide bonds. The third kappa shape index (κ3) is 17.7. The van der Waals surface area contributed by atoms with Crippen molar-refractivity contribution in [2.24, 2.45) is 17.6 Å². The second-order valence-electron chi connectivity index (χ2n) is 17.4. The molecule has 0 bridgehead atoms. The van der Waals surface area contributed by atoms with Gasteiger partial charge in [-0.3, -0.25) is 41.9 Å². The predicted octanol–water partition coefficient (Wildman–Crippen LogP) is 1.97. The van der Waals surface area contributed by atoms with E-state index in [1.165, 1.54) is 60.7 Å². The highest BCUT2D eigenvalue weighted by atomic mass is 32.2. The minimum absolute atomic E-state index is 0.161. The summed E-state index contributed by atoms with van der Waals surface area (Å²) in [6, 6.07) is 17.5. The number of ketones is 2. The summed E-state index contributed by atoms with van der Waals surface area (Å²) >= 11 is 0. The molecule has 0 aliphatic carbocycles. The first-order valence-corrected chi connectivity index (χ1v) is 29.3. The summed E-state index contributed by atoms with van der Waals surface area (Å²) in [6.45, 7) is 0. The minimum atomic E-state index is -4.72. The number of carbonyl (C=O) groups excluding carboxylic acids is 4. The molecular weight excluding hydrogens is 1100 g/mol. The van der Waals surface area contributed by atoms with Crippen molar-refractivity contribution >= 4 is 79.9 Å². The van der Waals surface area contributed by atoms with Gasteiger partial charge in [0.25, 0.3) is 50.6 Å². The Labute approximate surface area is 436 Å². The Hall–Kier alpha value is -6.64. The maximum atomic E-state index is 14.7. The molecule has 5 rings (SSSR count). The van der Waals surface area contributed by atoms with Gasteiger partial charge < -0.3 is 21.5 Å².